The minimum atomic E-state index is -0.988. The molecule has 1 heterocycles. The normalized spacial score (nSPS) is 20.6. The van der Waals surface area contributed by atoms with E-state index in [9.17, 15) is 9.59 Å². The number of carboxylic acid groups (broad SMARTS) is 1. The Labute approximate surface area is 115 Å². The van der Waals surface area contributed by atoms with Crippen LogP contribution < -0.4 is 11.2 Å². The molecule has 0 aliphatic heterocycles. The third-order valence-electron chi connectivity index (χ3n) is 3.27. The van der Waals surface area contributed by atoms with Crippen LogP contribution in [0.4, 0.5) is 4.79 Å². The molecule has 2 amide bonds. The molecular weight excluding hydrogens is 260 g/mol. The average Bonchev–Trinajstić information content (AvgIpc) is 2.45. The summed E-state index contributed by atoms with van der Waals surface area (Å²) in [6, 6.07) is 2.29. The van der Waals surface area contributed by atoms with Gasteiger partial charge in [-0.1, -0.05) is 6.42 Å². The van der Waals surface area contributed by atoms with Gasteiger partial charge in [0.2, 0.25) is 0 Å². The van der Waals surface area contributed by atoms with Crippen LogP contribution >= 0.6 is 0 Å². The molecule has 1 aliphatic carbocycles. The van der Waals surface area contributed by atoms with Crippen molar-refractivity contribution in [3.05, 3.63) is 29.6 Å². The number of pyridine rings is 1. The van der Waals surface area contributed by atoms with Gasteiger partial charge in [0.05, 0.1) is 5.56 Å². The number of carbonyl (C=O) groups excluding carboxylic acids is 1. The van der Waals surface area contributed by atoms with Gasteiger partial charge in [0.25, 0.3) is 0 Å². The van der Waals surface area contributed by atoms with Gasteiger partial charge in [-0.05, 0) is 31.4 Å². The monoisotopic (exact) mass is 276 g/mol. The third kappa shape index (κ3) is 3.31. The van der Waals surface area contributed by atoms with Crippen molar-refractivity contribution in [3.8, 4) is 0 Å². The molecule has 1 fully saturated rings. The lowest BCUT2D eigenvalue weighted by Crippen LogP contribution is -2.28. The summed E-state index contributed by atoms with van der Waals surface area (Å²) in [6.45, 7) is 0. The number of rotatable bonds is 3. The van der Waals surface area contributed by atoms with Crippen LogP contribution in [0.3, 0.4) is 0 Å². The highest BCUT2D eigenvalue weighted by Crippen LogP contribution is 2.30. The van der Waals surface area contributed by atoms with Crippen molar-refractivity contribution in [1.82, 2.24) is 10.4 Å². The molecule has 1 saturated carbocycles. The first-order chi connectivity index (χ1) is 9.58. The molecule has 106 valence electrons. The van der Waals surface area contributed by atoms with Crippen LogP contribution in [-0.2, 0) is 0 Å². The van der Waals surface area contributed by atoms with E-state index in [0.29, 0.717) is 5.69 Å². The molecule has 2 rings (SSSR count). The number of nitrogens with zero attached hydrogens (tertiary/aromatic N) is 2. The molecule has 0 radical (unpaired) electrons. The number of hydrazone groups is 1. The zero-order valence-electron chi connectivity index (χ0n) is 10.9. The SMILES string of the molecule is NC(=O)N/N=C1\CCCCC1c1cc(C(=O)O)ccn1. The highest BCUT2D eigenvalue weighted by molar-refractivity contribution is 5.93. The van der Waals surface area contributed by atoms with Crippen LogP contribution in [0.5, 0.6) is 0 Å². The number of aromatic carboxylic acids is 1. The van der Waals surface area contributed by atoms with E-state index in [2.05, 4.69) is 15.5 Å². The van der Waals surface area contributed by atoms with E-state index in [1.165, 1.54) is 12.3 Å². The molecule has 1 aromatic rings. The van der Waals surface area contributed by atoms with Crippen LogP contribution in [0.1, 0.15) is 47.7 Å². The molecular formula is C13H16N4O3. The van der Waals surface area contributed by atoms with Gasteiger partial charge in [-0.2, -0.15) is 5.10 Å². The van der Waals surface area contributed by atoms with Crippen molar-refractivity contribution in [3.63, 3.8) is 0 Å². The molecule has 7 nitrogen and oxygen atoms in total. The summed E-state index contributed by atoms with van der Waals surface area (Å²) in [7, 11) is 0. The fraction of sp³-hybridized carbons (Fsp3) is 0.385. The number of hydrogen-bond donors (Lipinski definition) is 3. The van der Waals surface area contributed by atoms with Gasteiger partial charge in [-0.3, -0.25) is 4.98 Å². The number of hydrogen-bond acceptors (Lipinski definition) is 4. The van der Waals surface area contributed by atoms with Gasteiger partial charge in [0.1, 0.15) is 0 Å². The molecule has 0 spiro atoms. The average molecular weight is 276 g/mol. The van der Waals surface area contributed by atoms with Gasteiger partial charge < -0.3 is 10.8 Å². The largest absolute Gasteiger partial charge is 0.478 e. The lowest BCUT2D eigenvalue weighted by atomic mass is 9.84. The van der Waals surface area contributed by atoms with E-state index >= 15 is 0 Å². The predicted molar refractivity (Wildman–Crippen MR) is 72.6 cm³/mol. The van der Waals surface area contributed by atoms with E-state index < -0.39 is 12.0 Å². The minimum absolute atomic E-state index is 0.0742. The number of urea groups is 1. The molecule has 0 saturated heterocycles. The van der Waals surface area contributed by atoms with E-state index in [1.807, 2.05) is 0 Å². The number of nitrogens with one attached hydrogen (secondary N) is 1. The van der Waals surface area contributed by atoms with Crippen LogP contribution in [-0.4, -0.2) is 27.8 Å². The van der Waals surface area contributed by atoms with E-state index in [1.54, 1.807) is 6.07 Å². The lowest BCUT2D eigenvalue weighted by Gasteiger charge is -2.23. The Morgan fingerprint density at radius 3 is 2.95 bits per heavy atom. The fourth-order valence-electron chi connectivity index (χ4n) is 2.35. The maximum absolute atomic E-state index is 11.0. The molecule has 1 unspecified atom stereocenters. The first-order valence-corrected chi connectivity index (χ1v) is 6.39. The number of nitrogens with two attached hydrogens (primary N) is 1. The molecule has 1 aliphatic rings. The van der Waals surface area contributed by atoms with E-state index in [4.69, 9.17) is 10.8 Å². The van der Waals surface area contributed by atoms with Crippen molar-refractivity contribution >= 4 is 17.7 Å². The number of aromatic nitrogens is 1. The second kappa shape index (κ2) is 6.14. The van der Waals surface area contributed by atoms with Crippen LogP contribution in [0.15, 0.2) is 23.4 Å². The van der Waals surface area contributed by atoms with Crippen molar-refractivity contribution in [2.75, 3.05) is 0 Å². The second-order valence-corrected chi connectivity index (χ2v) is 4.65. The fourth-order valence-corrected chi connectivity index (χ4v) is 2.35. The second-order valence-electron chi connectivity index (χ2n) is 4.65. The van der Waals surface area contributed by atoms with Gasteiger partial charge in [0, 0.05) is 23.5 Å². The van der Waals surface area contributed by atoms with Crippen molar-refractivity contribution in [1.29, 1.82) is 0 Å². The first-order valence-electron chi connectivity index (χ1n) is 6.39. The molecule has 4 N–H and O–H groups in total. The Kier molecular flexibility index (Phi) is 4.29. The Hall–Kier alpha value is -2.44. The lowest BCUT2D eigenvalue weighted by molar-refractivity contribution is 0.0696. The first kappa shape index (κ1) is 14.0. The Morgan fingerprint density at radius 2 is 2.25 bits per heavy atom. The van der Waals surface area contributed by atoms with Crippen molar-refractivity contribution in [2.24, 2.45) is 10.8 Å². The van der Waals surface area contributed by atoms with Gasteiger partial charge in [-0.15, -0.1) is 0 Å². The summed E-state index contributed by atoms with van der Waals surface area (Å²) in [5.41, 5.74) is 8.88. The molecule has 1 atom stereocenters. The molecule has 1 aromatic heterocycles. The molecule has 0 bridgehead atoms. The highest BCUT2D eigenvalue weighted by atomic mass is 16.4. The highest BCUT2D eigenvalue weighted by Gasteiger charge is 2.24. The number of amides is 2. The van der Waals surface area contributed by atoms with Gasteiger partial charge >= 0.3 is 12.0 Å². The zero-order chi connectivity index (χ0) is 14.5. The number of carbonyl (C=O) groups is 2. The Bertz CT molecular complexity index is 556. The summed E-state index contributed by atoms with van der Waals surface area (Å²) in [5.74, 6) is -1.06. The van der Waals surface area contributed by atoms with E-state index in [-0.39, 0.29) is 11.5 Å². The topological polar surface area (TPSA) is 118 Å². The third-order valence-corrected chi connectivity index (χ3v) is 3.27. The predicted octanol–water partition coefficient (Wildman–Crippen LogP) is 1.46. The molecule has 7 heteroatoms. The van der Waals surface area contributed by atoms with Gasteiger partial charge in [-0.25, -0.2) is 15.0 Å². The van der Waals surface area contributed by atoms with Crippen LogP contribution in [0.2, 0.25) is 0 Å². The van der Waals surface area contributed by atoms with Crippen molar-refractivity contribution < 1.29 is 14.7 Å². The number of carboxylic acids is 1. The van der Waals surface area contributed by atoms with Crippen LogP contribution in [0, 0.1) is 0 Å². The Morgan fingerprint density at radius 1 is 1.45 bits per heavy atom. The minimum Gasteiger partial charge on any atom is -0.478 e. The molecule has 20 heavy (non-hydrogen) atoms. The summed E-state index contributed by atoms with van der Waals surface area (Å²) in [4.78, 5) is 26.0. The summed E-state index contributed by atoms with van der Waals surface area (Å²) in [6.07, 6.45) is 5.04. The van der Waals surface area contributed by atoms with Crippen LogP contribution in [0.25, 0.3) is 0 Å². The summed E-state index contributed by atoms with van der Waals surface area (Å²) in [5, 5.41) is 13.0. The maximum atomic E-state index is 11.0. The number of primary amides is 1. The Balaban J connectivity index is 2.27. The maximum Gasteiger partial charge on any atom is 0.335 e. The standard InChI is InChI=1S/C13H16N4O3/c14-13(20)17-16-10-4-2-1-3-9(10)11-7-8(12(18)19)5-6-15-11/h5-7,9H,1-4H2,(H,18,19)(H3,14,17,20)/b16-10+. The zero-order valence-corrected chi connectivity index (χ0v) is 10.9. The quantitative estimate of drug-likeness (QED) is 0.724. The smallest absolute Gasteiger partial charge is 0.335 e. The van der Waals surface area contributed by atoms with E-state index in [0.717, 1.165) is 31.4 Å². The summed E-state index contributed by atoms with van der Waals surface area (Å²) < 4.78 is 0. The van der Waals surface area contributed by atoms with Gasteiger partial charge in [0.15, 0.2) is 0 Å². The summed E-state index contributed by atoms with van der Waals surface area (Å²) >= 11 is 0. The van der Waals surface area contributed by atoms with Crippen molar-refractivity contribution in [2.45, 2.75) is 31.6 Å². The molecule has 0 aromatic carbocycles.